The van der Waals surface area contributed by atoms with Gasteiger partial charge in [0.15, 0.2) is 0 Å². The van der Waals surface area contributed by atoms with Crippen molar-refractivity contribution in [2.24, 2.45) is 0 Å². The van der Waals surface area contributed by atoms with Crippen LogP contribution in [0.4, 0.5) is 0 Å². The number of aryl methyl sites for hydroxylation is 2. The Bertz CT molecular complexity index is 935. The Kier molecular flexibility index (Phi) is 5.31. The molecule has 0 aliphatic heterocycles. The molecule has 3 N–H and O–H groups in total. The number of nitrogens with one attached hydrogen (secondary N) is 3. The van der Waals surface area contributed by atoms with E-state index in [0.29, 0.717) is 12.1 Å². The Hall–Kier alpha value is -3.15. The van der Waals surface area contributed by atoms with Crippen LogP contribution in [0.2, 0.25) is 0 Å². The van der Waals surface area contributed by atoms with E-state index in [-0.39, 0.29) is 11.5 Å². The molecule has 0 unspecified atom stereocenters. The smallest absolute Gasteiger partial charge is 0.251 e. The molecule has 3 rings (SSSR count). The Morgan fingerprint density at radius 1 is 1.12 bits per heavy atom. The molecular formula is C20H22N4O2. The van der Waals surface area contributed by atoms with E-state index in [9.17, 15) is 9.59 Å². The van der Waals surface area contributed by atoms with Crippen LogP contribution in [-0.2, 0) is 6.42 Å². The second-order valence-electron chi connectivity index (χ2n) is 6.28. The number of carbonyl (C=O) groups is 1. The maximum absolute atomic E-state index is 12.3. The van der Waals surface area contributed by atoms with E-state index in [1.54, 1.807) is 18.2 Å². The van der Waals surface area contributed by atoms with Crippen LogP contribution >= 0.6 is 0 Å². The van der Waals surface area contributed by atoms with E-state index in [1.165, 1.54) is 11.6 Å². The van der Waals surface area contributed by atoms with Crippen LogP contribution in [0.25, 0.3) is 11.3 Å². The quantitative estimate of drug-likeness (QED) is 0.597. The van der Waals surface area contributed by atoms with Crippen molar-refractivity contribution in [2.75, 3.05) is 6.54 Å². The molecule has 0 atom stereocenters. The van der Waals surface area contributed by atoms with E-state index in [0.717, 1.165) is 35.5 Å². The van der Waals surface area contributed by atoms with E-state index in [4.69, 9.17) is 0 Å². The highest BCUT2D eigenvalue weighted by molar-refractivity contribution is 5.94. The van der Waals surface area contributed by atoms with Gasteiger partial charge in [-0.25, -0.2) is 0 Å². The molecule has 1 amide bonds. The standard InChI is InChI=1S/C20H22N4O2/c1-13-17(14(2)24-23-13)5-4-12-21-20(26)16-10-8-15(9-11-16)18-6-3-7-19(25)22-18/h3,6-11H,4-5,12H2,1-2H3,(H,21,26)(H,22,25)(H,23,24). The molecule has 0 saturated carbocycles. The highest BCUT2D eigenvalue weighted by Gasteiger charge is 2.08. The molecule has 0 aliphatic carbocycles. The van der Waals surface area contributed by atoms with Gasteiger partial charge in [-0.15, -0.1) is 0 Å². The van der Waals surface area contributed by atoms with Crippen molar-refractivity contribution in [3.63, 3.8) is 0 Å². The zero-order valence-electron chi connectivity index (χ0n) is 14.9. The summed E-state index contributed by atoms with van der Waals surface area (Å²) in [6, 6.07) is 12.2. The van der Waals surface area contributed by atoms with Gasteiger partial charge in [0.05, 0.1) is 5.69 Å². The topological polar surface area (TPSA) is 90.6 Å². The third kappa shape index (κ3) is 4.08. The molecule has 0 aliphatic rings. The number of amides is 1. The molecular weight excluding hydrogens is 328 g/mol. The second-order valence-corrected chi connectivity index (χ2v) is 6.28. The first-order valence-electron chi connectivity index (χ1n) is 8.63. The van der Waals surface area contributed by atoms with Crippen molar-refractivity contribution in [1.82, 2.24) is 20.5 Å². The number of benzene rings is 1. The normalized spacial score (nSPS) is 10.7. The number of nitrogens with zero attached hydrogens (tertiary/aromatic N) is 1. The van der Waals surface area contributed by atoms with Gasteiger partial charge >= 0.3 is 0 Å². The summed E-state index contributed by atoms with van der Waals surface area (Å²) in [5, 5.41) is 10.1. The summed E-state index contributed by atoms with van der Waals surface area (Å²) < 4.78 is 0. The average Bonchev–Trinajstić information content (AvgIpc) is 2.97. The van der Waals surface area contributed by atoms with E-state index >= 15 is 0 Å². The highest BCUT2D eigenvalue weighted by Crippen LogP contribution is 2.16. The molecule has 0 saturated heterocycles. The molecule has 0 fully saturated rings. The highest BCUT2D eigenvalue weighted by atomic mass is 16.1. The summed E-state index contributed by atoms with van der Waals surface area (Å²) in [6.07, 6.45) is 1.74. The van der Waals surface area contributed by atoms with Gasteiger partial charge in [-0.1, -0.05) is 18.2 Å². The summed E-state index contributed by atoms with van der Waals surface area (Å²) in [7, 11) is 0. The van der Waals surface area contributed by atoms with E-state index in [2.05, 4.69) is 20.5 Å². The molecule has 0 spiro atoms. The fraction of sp³-hybridized carbons (Fsp3) is 0.250. The summed E-state index contributed by atoms with van der Waals surface area (Å²) in [5.41, 5.74) is 5.38. The van der Waals surface area contributed by atoms with E-state index in [1.807, 2.05) is 32.0 Å². The Morgan fingerprint density at radius 3 is 2.54 bits per heavy atom. The van der Waals surface area contributed by atoms with Crippen LogP contribution in [0, 0.1) is 13.8 Å². The zero-order chi connectivity index (χ0) is 18.5. The first-order valence-corrected chi connectivity index (χ1v) is 8.63. The van der Waals surface area contributed by atoms with Crippen LogP contribution in [0.15, 0.2) is 47.3 Å². The van der Waals surface area contributed by atoms with Crippen LogP contribution in [0.3, 0.4) is 0 Å². The summed E-state index contributed by atoms with van der Waals surface area (Å²) in [5.74, 6) is -0.0984. The molecule has 1 aromatic carbocycles. The molecule has 2 heterocycles. The summed E-state index contributed by atoms with van der Waals surface area (Å²) >= 11 is 0. The molecule has 26 heavy (non-hydrogen) atoms. The SMILES string of the molecule is Cc1n[nH]c(C)c1CCCNC(=O)c1ccc(-c2cccc(=O)[nH]2)cc1. The number of aromatic amines is 2. The third-order valence-electron chi connectivity index (χ3n) is 4.40. The largest absolute Gasteiger partial charge is 0.352 e. The lowest BCUT2D eigenvalue weighted by molar-refractivity contribution is 0.0953. The molecule has 0 radical (unpaired) electrons. The first kappa shape index (κ1) is 17.7. The van der Waals surface area contributed by atoms with Gasteiger partial charge in [-0.3, -0.25) is 14.7 Å². The zero-order valence-corrected chi connectivity index (χ0v) is 14.9. The van der Waals surface area contributed by atoms with Gasteiger partial charge in [-0.2, -0.15) is 5.10 Å². The Balaban J connectivity index is 1.54. The molecule has 2 aromatic heterocycles. The van der Waals surface area contributed by atoms with Crippen LogP contribution in [-0.4, -0.2) is 27.6 Å². The van der Waals surface area contributed by atoms with Gasteiger partial charge in [-0.05, 0) is 56.0 Å². The lowest BCUT2D eigenvalue weighted by Gasteiger charge is -2.07. The van der Waals surface area contributed by atoms with Crippen molar-refractivity contribution in [3.8, 4) is 11.3 Å². The minimum atomic E-state index is -0.146. The number of carbonyl (C=O) groups excluding carboxylic acids is 1. The fourth-order valence-corrected chi connectivity index (χ4v) is 2.93. The van der Waals surface area contributed by atoms with Gasteiger partial charge in [0, 0.05) is 29.6 Å². The maximum Gasteiger partial charge on any atom is 0.251 e. The number of rotatable bonds is 6. The monoisotopic (exact) mass is 350 g/mol. The molecule has 6 nitrogen and oxygen atoms in total. The summed E-state index contributed by atoms with van der Waals surface area (Å²) in [4.78, 5) is 26.4. The lowest BCUT2D eigenvalue weighted by Crippen LogP contribution is -2.24. The fourth-order valence-electron chi connectivity index (χ4n) is 2.93. The number of aromatic nitrogens is 3. The van der Waals surface area contributed by atoms with Crippen LogP contribution in [0.1, 0.15) is 33.7 Å². The van der Waals surface area contributed by atoms with Crippen molar-refractivity contribution in [3.05, 3.63) is 75.3 Å². The average molecular weight is 350 g/mol. The number of H-pyrrole nitrogens is 2. The lowest BCUT2D eigenvalue weighted by atomic mass is 10.1. The minimum Gasteiger partial charge on any atom is -0.352 e. The van der Waals surface area contributed by atoms with Crippen molar-refractivity contribution in [2.45, 2.75) is 26.7 Å². The first-order chi connectivity index (χ1) is 12.5. The predicted molar refractivity (Wildman–Crippen MR) is 101 cm³/mol. The van der Waals surface area contributed by atoms with Crippen molar-refractivity contribution < 1.29 is 4.79 Å². The third-order valence-corrected chi connectivity index (χ3v) is 4.40. The van der Waals surface area contributed by atoms with Gasteiger partial charge in [0.25, 0.3) is 5.91 Å². The second kappa shape index (κ2) is 7.82. The Labute approximate surface area is 151 Å². The predicted octanol–water partition coefficient (Wildman–Crippen LogP) is 2.74. The van der Waals surface area contributed by atoms with Crippen molar-refractivity contribution in [1.29, 1.82) is 0 Å². The van der Waals surface area contributed by atoms with Crippen molar-refractivity contribution >= 4 is 5.91 Å². The number of hydrogen-bond acceptors (Lipinski definition) is 3. The molecule has 0 bridgehead atoms. The molecule has 6 heteroatoms. The van der Waals surface area contributed by atoms with Crippen LogP contribution in [0.5, 0.6) is 0 Å². The molecule has 134 valence electrons. The van der Waals surface area contributed by atoms with Gasteiger partial charge in [0.2, 0.25) is 5.56 Å². The summed E-state index contributed by atoms with van der Waals surface area (Å²) in [6.45, 7) is 4.60. The minimum absolute atomic E-state index is 0.0984. The van der Waals surface area contributed by atoms with Gasteiger partial charge < -0.3 is 10.3 Å². The molecule has 3 aromatic rings. The maximum atomic E-state index is 12.3. The number of hydrogen-bond donors (Lipinski definition) is 3. The Morgan fingerprint density at radius 2 is 1.88 bits per heavy atom. The van der Waals surface area contributed by atoms with Crippen LogP contribution < -0.4 is 10.9 Å². The van der Waals surface area contributed by atoms with E-state index < -0.39 is 0 Å². The number of pyridine rings is 1. The van der Waals surface area contributed by atoms with Gasteiger partial charge in [0.1, 0.15) is 0 Å².